The van der Waals surface area contributed by atoms with Gasteiger partial charge in [-0.3, -0.25) is 0 Å². The Hall–Kier alpha value is -1.88. The van der Waals surface area contributed by atoms with Crippen LogP contribution >= 0.6 is 0 Å². The Morgan fingerprint density at radius 2 is 1.83 bits per heavy atom. The number of alkyl halides is 2. The van der Waals surface area contributed by atoms with Crippen molar-refractivity contribution in [3.63, 3.8) is 0 Å². The Balaban J connectivity index is 1.83. The maximum atomic E-state index is 12.3. The molecule has 1 aromatic carbocycles. The molecule has 3 nitrogen and oxygen atoms in total. The summed E-state index contributed by atoms with van der Waals surface area (Å²) in [5.74, 6) is 0. The van der Waals surface area contributed by atoms with E-state index in [-0.39, 0.29) is 5.56 Å². The first kappa shape index (κ1) is 12.6. The summed E-state index contributed by atoms with van der Waals surface area (Å²) in [6.45, 7) is 1.21. The number of hydrogen-bond donors (Lipinski definition) is 1. The molecule has 0 unspecified atom stereocenters. The average Bonchev–Trinajstić information content (AvgIpc) is 2.40. The summed E-state index contributed by atoms with van der Waals surface area (Å²) >= 11 is 0. The first-order chi connectivity index (χ1) is 8.75. The topological polar surface area (TPSA) is 37.8 Å². The molecule has 2 aromatic rings. The van der Waals surface area contributed by atoms with Crippen LogP contribution in [0.4, 0.5) is 8.78 Å². The van der Waals surface area contributed by atoms with Crippen molar-refractivity contribution in [1.82, 2.24) is 15.5 Å². The monoisotopic (exact) mass is 249 g/mol. The summed E-state index contributed by atoms with van der Waals surface area (Å²) in [7, 11) is 0. The third-order valence-electron chi connectivity index (χ3n) is 2.49. The minimum Gasteiger partial charge on any atom is -0.307 e. The fraction of sp³-hybridized carbons (Fsp3) is 0.231. The van der Waals surface area contributed by atoms with Gasteiger partial charge in [-0.1, -0.05) is 24.3 Å². The predicted molar refractivity (Wildman–Crippen MR) is 64.0 cm³/mol. The molecule has 1 aromatic heterocycles. The Morgan fingerprint density at radius 3 is 2.44 bits per heavy atom. The summed E-state index contributed by atoms with van der Waals surface area (Å²) in [6, 6.07) is 9.99. The van der Waals surface area contributed by atoms with Crippen molar-refractivity contribution in [2.75, 3.05) is 0 Å². The highest BCUT2D eigenvalue weighted by Gasteiger charge is 2.05. The standard InChI is InChI=1S/C13H13F2N3/c14-13(15)11-5-3-10(4-6-11)8-16-9-12-2-1-7-17-18-12/h1-7,13,16H,8-9H2. The highest BCUT2D eigenvalue weighted by atomic mass is 19.3. The van der Waals surface area contributed by atoms with Crippen molar-refractivity contribution >= 4 is 0 Å². The molecule has 0 amide bonds. The van der Waals surface area contributed by atoms with Gasteiger partial charge in [-0.15, -0.1) is 0 Å². The van der Waals surface area contributed by atoms with Crippen molar-refractivity contribution in [3.8, 4) is 0 Å². The zero-order valence-corrected chi connectivity index (χ0v) is 9.68. The van der Waals surface area contributed by atoms with E-state index in [1.165, 1.54) is 12.1 Å². The van der Waals surface area contributed by atoms with E-state index in [2.05, 4.69) is 15.5 Å². The third kappa shape index (κ3) is 3.56. The van der Waals surface area contributed by atoms with E-state index in [0.29, 0.717) is 13.1 Å². The van der Waals surface area contributed by atoms with Gasteiger partial charge in [-0.2, -0.15) is 10.2 Å². The van der Waals surface area contributed by atoms with Crippen LogP contribution in [0, 0.1) is 0 Å². The van der Waals surface area contributed by atoms with Gasteiger partial charge in [0.2, 0.25) is 0 Å². The summed E-state index contributed by atoms with van der Waals surface area (Å²) in [5, 5.41) is 10.9. The second kappa shape index (κ2) is 6.16. The third-order valence-corrected chi connectivity index (χ3v) is 2.49. The number of rotatable bonds is 5. The van der Waals surface area contributed by atoms with Gasteiger partial charge in [0, 0.05) is 24.8 Å². The molecule has 18 heavy (non-hydrogen) atoms. The molecule has 5 heteroatoms. The second-order valence-corrected chi connectivity index (χ2v) is 3.86. The second-order valence-electron chi connectivity index (χ2n) is 3.86. The molecule has 0 saturated carbocycles. The minimum absolute atomic E-state index is 0.0488. The molecular weight excluding hydrogens is 236 g/mol. The molecule has 94 valence electrons. The summed E-state index contributed by atoms with van der Waals surface area (Å²) in [4.78, 5) is 0. The molecule has 2 rings (SSSR count). The van der Waals surface area contributed by atoms with Crippen molar-refractivity contribution in [2.45, 2.75) is 19.5 Å². The number of halogens is 2. The summed E-state index contributed by atoms with van der Waals surface area (Å²) in [5.41, 5.74) is 1.86. The first-order valence-corrected chi connectivity index (χ1v) is 5.60. The molecule has 0 bridgehead atoms. The lowest BCUT2D eigenvalue weighted by molar-refractivity contribution is 0.151. The van der Waals surface area contributed by atoms with E-state index in [0.717, 1.165) is 11.3 Å². The van der Waals surface area contributed by atoms with E-state index < -0.39 is 6.43 Å². The zero-order valence-electron chi connectivity index (χ0n) is 9.68. The van der Waals surface area contributed by atoms with Gasteiger partial charge < -0.3 is 5.32 Å². The first-order valence-electron chi connectivity index (χ1n) is 5.60. The molecule has 0 atom stereocenters. The Morgan fingerprint density at radius 1 is 1.06 bits per heavy atom. The number of hydrogen-bond acceptors (Lipinski definition) is 3. The molecular formula is C13H13F2N3. The van der Waals surface area contributed by atoms with Crippen LogP contribution in [-0.4, -0.2) is 10.2 Å². The predicted octanol–water partition coefficient (Wildman–Crippen LogP) is 2.70. The quantitative estimate of drug-likeness (QED) is 0.885. The molecule has 1 heterocycles. The van der Waals surface area contributed by atoms with Crippen molar-refractivity contribution in [3.05, 3.63) is 59.4 Å². The Bertz CT molecular complexity index is 471. The zero-order chi connectivity index (χ0) is 12.8. The van der Waals surface area contributed by atoms with Crippen LogP contribution in [0.15, 0.2) is 42.6 Å². The van der Waals surface area contributed by atoms with Crippen molar-refractivity contribution in [2.24, 2.45) is 0 Å². The molecule has 0 aliphatic heterocycles. The fourth-order valence-electron chi connectivity index (χ4n) is 1.54. The van der Waals surface area contributed by atoms with Crippen LogP contribution in [0.25, 0.3) is 0 Å². The lowest BCUT2D eigenvalue weighted by Gasteiger charge is -2.05. The van der Waals surface area contributed by atoms with Gasteiger partial charge in [-0.05, 0) is 17.7 Å². The maximum Gasteiger partial charge on any atom is 0.263 e. The number of nitrogens with zero attached hydrogens (tertiary/aromatic N) is 2. The number of aromatic nitrogens is 2. The van der Waals surface area contributed by atoms with E-state index in [9.17, 15) is 8.78 Å². The molecule has 0 aliphatic rings. The van der Waals surface area contributed by atoms with Gasteiger partial charge in [0.05, 0.1) is 5.69 Å². The van der Waals surface area contributed by atoms with Crippen molar-refractivity contribution in [1.29, 1.82) is 0 Å². The van der Waals surface area contributed by atoms with Gasteiger partial charge in [0.25, 0.3) is 6.43 Å². The van der Waals surface area contributed by atoms with Crippen LogP contribution in [0.5, 0.6) is 0 Å². The molecule has 0 radical (unpaired) electrons. The van der Waals surface area contributed by atoms with Gasteiger partial charge in [0.15, 0.2) is 0 Å². The molecule has 1 N–H and O–H groups in total. The van der Waals surface area contributed by atoms with Crippen LogP contribution in [-0.2, 0) is 13.1 Å². The van der Waals surface area contributed by atoms with Crippen LogP contribution in [0.2, 0.25) is 0 Å². The van der Waals surface area contributed by atoms with E-state index >= 15 is 0 Å². The minimum atomic E-state index is -2.41. The fourth-order valence-corrected chi connectivity index (χ4v) is 1.54. The summed E-state index contributed by atoms with van der Waals surface area (Å²) in [6.07, 6.45) is -0.793. The van der Waals surface area contributed by atoms with Crippen molar-refractivity contribution < 1.29 is 8.78 Å². The Labute approximate surface area is 104 Å². The molecule has 0 spiro atoms. The lowest BCUT2D eigenvalue weighted by atomic mass is 10.1. The van der Waals surface area contributed by atoms with Gasteiger partial charge >= 0.3 is 0 Å². The van der Waals surface area contributed by atoms with E-state index in [4.69, 9.17) is 0 Å². The summed E-state index contributed by atoms with van der Waals surface area (Å²) < 4.78 is 24.7. The Kier molecular flexibility index (Phi) is 4.30. The van der Waals surface area contributed by atoms with Crippen LogP contribution < -0.4 is 5.32 Å². The van der Waals surface area contributed by atoms with Crippen LogP contribution in [0.3, 0.4) is 0 Å². The molecule has 0 fully saturated rings. The molecule has 0 saturated heterocycles. The van der Waals surface area contributed by atoms with E-state index in [1.807, 2.05) is 12.1 Å². The van der Waals surface area contributed by atoms with Gasteiger partial charge in [0.1, 0.15) is 0 Å². The van der Waals surface area contributed by atoms with E-state index in [1.54, 1.807) is 18.3 Å². The number of benzene rings is 1. The highest BCUT2D eigenvalue weighted by Crippen LogP contribution is 2.18. The van der Waals surface area contributed by atoms with Gasteiger partial charge in [-0.25, -0.2) is 8.78 Å². The maximum absolute atomic E-state index is 12.3. The highest BCUT2D eigenvalue weighted by molar-refractivity contribution is 5.23. The SMILES string of the molecule is FC(F)c1ccc(CNCc2cccnn2)cc1. The smallest absolute Gasteiger partial charge is 0.263 e. The largest absolute Gasteiger partial charge is 0.307 e. The van der Waals surface area contributed by atoms with Crippen LogP contribution in [0.1, 0.15) is 23.2 Å². The lowest BCUT2D eigenvalue weighted by Crippen LogP contribution is -2.13. The average molecular weight is 249 g/mol. The number of nitrogens with one attached hydrogen (secondary N) is 1. The molecule has 0 aliphatic carbocycles. The normalized spacial score (nSPS) is 10.8.